The Hall–Kier alpha value is -0.780. The number of hydrogen-bond acceptors (Lipinski definition) is 2. The molecule has 0 aromatic carbocycles. The van der Waals surface area contributed by atoms with Crippen molar-refractivity contribution in [1.82, 2.24) is 4.90 Å². The molecule has 1 saturated carbocycles. The largest absolute Gasteiger partial charge is 0.391 e. The maximum Gasteiger partial charge on any atom is 0.391 e. The van der Waals surface area contributed by atoms with Gasteiger partial charge in [0.1, 0.15) is 0 Å². The molecular weight excluding hydrogens is 257 g/mol. The van der Waals surface area contributed by atoms with Crippen molar-refractivity contribution >= 4 is 5.91 Å². The first-order valence-electron chi connectivity index (χ1n) is 6.79. The summed E-state index contributed by atoms with van der Waals surface area (Å²) in [5.41, 5.74) is 5.62. The van der Waals surface area contributed by atoms with Gasteiger partial charge in [-0.1, -0.05) is 0 Å². The van der Waals surface area contributed by atoms with E-state index in [1.807, 2.05) is 6.92 Å². The van der Waals surface area contributed by atoms with Crippen LogP contribution in [-0.2, 0) is 4.79 Å². The minimum absolute atomic E-state index is 0.0243. The third-order valence-corrected chi connectivity index (χ3v) is 3.84. The minimum Gasteiger partial charge on any atom is -0.345 e. The molecule has 0 saturated heterocycles. The normalized spacial score (nSPS) is 26.0. The lowest BCUT2D eigenvalue weighted by Gasteiger charge is -2.31. The standard InChI is InChI=1S/C13H23F3N2O/c1-9(17)7-8-18(2)12(19)10-3-5-11(6-4-10)13(14,15)16/h9-11H,3-8,17H2,1-2H3. The molecule has 1 atom stereocenters. The summed E-state index contributed by atoms with van der Waals surface area (Å²) >= 11 is 0. The molecule has 0 radical (unpaired) electrons. The van der Waals surface area contributed by atoms with Crippen LogP contribution >= 0.6 is 0 Å². The predicted octanol–water partition coefficient (Wildman–Crippen LogP) is 2.55. The zero-order valence-corrected chi connectivity index (χ0v) is 11.5. The third kappa shape index (κ3) is 5.01. The van der Waals surface area contributed by atoms with Crippen LogP contribution in [0.4, 0.5) is 13.2 Å². The molecule has 1 amide bonds. The van der Waals surface area contributed by atoms with E-state index in [9.17, 15) is 18.0 Å². The van der Waals surface area contributed by atoms with Gasteiger partial charge in [-0.05, 0) is 39.0 Å². The second-order valence-corrected chi connectivity index (χ2v) is 5.62. The lowest BCUT2D eigenvalue weighted by Crippen LogP contribution is -2.38. The number of hydrogen-bond donors (Lipinski definition) is 1. The van der Waals surface area contributed by atoms with Crippen LogP contribution in [-0.4, -0.2) is 36.6 Å². The molecule has 0 bridgehead atoms. The van der Waals surface area contributed by atoms with Gasteiger partial charge in [0.15, 0.2) is 0 Å². The first kappa shape index (κ1) is 16.3. The lowest BCUT2D eigenvalue weighted by molar-refractivity contribution is -0.185. The molecule has 1 fully saturated rings. The van der Waals surface area contributed by atoms with Crippen LogP contribution in [0.3, 0.4) is 0 Å². The molecule has 3 nitrogen and oxygen atoms in total. The Morgan fingerprint density at radius 2 is 1.84 bits per heavy atom. The van der Waals surface area contributed by atoms with E-state index >= 15 is 0 Å². The number of nitrogens with two attached hydrogens (primary N) is 1. The van der Waals surface area contributed by atoms with Crippen LogP contribution in [0.5, 0.6) is 0 Å². The highest BCUT2D eigenvalue weighted by Gasteiger charge is 2.42. The van der Waals surface area contributed by atoms with Crippen molar-refractivity contribution in [1.29, 1.82) is 0 Å². The summed E-state index contributed by atoms with van der Waals surface area (Å²) in [5, 5.41) is 0. The van der Waals surface area contributed by atoms with Crippen LogP contribution in [0.1, 0.15) is 39.0 Å². The summed E-state index contributed by atoms with van der Waals surface area (Å²) in [6.07, 6.45) is -2.59. The summed E-state index contributed by atoms with van der Waals surface area (Å²) in [6, 6.07) is 0.0243. The molecule has 0 aromatic heterocycles. The van der Waals surface area contributed by atoms with Crippen molar-refractivity contribution in [2.75, 3.05) is 13.6 Å². The molecule has 0 aromatic rings. The van der Waals surface area contributed by atoms with E-state index in [1.165, 1.54) is 0 Å². The fourth-order valence-electron chi connectivity index (χ4n) is 2.49. The number of carbonyl (C=O) groups is 1. The summed E-state index contributed by atoms with van der Waals surface area (Å²) in [6.45, 7) is 2.43. The quantitative estimate of drug-likeness (QED) is 0.860. The third-order valence-electron chi connectivity index (χ3n) is 3.84. The molecule has 0 heterocycles. The van der Waals surface area contributed by atoms with Gasteiger partial charge in [-0.2, -0.15) is 13.2 Å². The molecule has 112 valence electrons. The van der Waals surface area contributed by atoms with Crippen LogP contribution < -0.4 is 5.73 Å². The average molecular weight is 280 g/mol. The molecular formula is C13H23F3N2O. The maximum atomic E-state index is 12.5. The van der Waals surface area contributed by atoms with Gasteiger partial charge in [-0.3, -0.25) is 4.79 Å². The first-order chi connectivity index (χ1) is 8.71. The lowest BCUT2D eigenvalue weighted by atomic mass is 9.81. The summed E-state index contributed by atoms with van der Waals surface area (Å²) in [4.78, 5) is 13.7. The molecule has 1 aliphatic carbocycles. The molecule has 0 aliphatic heterocycles. The summed E-state index contributed by atoms with van der Waals surface area (Å²) < 4.78 is 37.6. The molecule has 1 rings (SSSR count). The number of rotatable bonds is 4. The van der Waals surface area contributed by atoms with Crippen molar-refractivity contribution in [2.24, 2.45) is 17.6 Å². The number of amides is 1. The highest BCUT2D eigenvalue weighted by atomic mass is 19.4. The average Bonchev–Trinajstić information content (AvgIpc) is 2.34. The molecule has 2 N–H and O–H groups in total. The highest BCUT2D eigenvalue weighted by Crippen LogP contribution is 2.39. The van der Waals surface area contributed by atoms with E-state index in [0.29, 0.717) is 25.8 Å². The second kappa shape index (κ2) is 6.59. The van der Waals surface area contributed by atoms with Gasteiger partial charge in [0, 0.05) is 25.6 Å². The zero-order chi connectivity index (χ0) is 14.6. The molecule has 6 heteroatoms. The summed E-state index contributed by atoms with van der Waals surface area (Å²) in [7, 11) is 1.70. The molecule has 0 spiro atoms. The van der Waals surface area contributed by atoms with Crippen molar-refractivity contribution in [3.63, 3.8) is 0 Å². The Labute approximate surface area is 112 Å². The van der Waals surface area contributed by atoms with E-state index in [2.05, 4.69) is 0 Å². The fraction of sp³-hybridized carbons (Fsp3) is 0.923. The highest BCUT2D eigenvalue weighted by molar-refractivity contribution is 5.78. The monoisotopic (exact) mass is 280 g/mol. The van der Waals surface area contributed by atoms with Crippen molar-refractivity contribution in [2.45, 2.75) is 51.2 Å². The minimum atomic E-state index is -4.12. The van der Waals surface area contributed by atoms with Gasteiger partial charge >= 0.3 is 6.18 Å². The van der Waals surface area contributed by atoms with Crippen LogP contribution in [0, 0.1) is 11.8 Å². The fourth-order valence-corrected chi connectivity index (χ4v) is 2.49. The topological polar surface area (TPSA) is 46.3 Å². The number of carbonyl (C=O) groups excluding carboxylic acids is 1. The smallest absolute Gasteiger partial charge is 0.345 e. The van der Waals surface area contributed by atoms with Gasteiger partial charge in [0.05, 0.1) is 5.92 Å². The molecule has 19 heavy (non-hydrogen) atoms. The summed E-state index contributed by atoms with van der Waals surface area (Å²) in [5.74, 6) is -1.52. The number of halogens is 3. The van der Waals surface area contributed by atoms with Crippen molar-refractivity contribution < 1.29 is 18.0 Å². The number of alkyl halides is 3. The molecule has 1 aliphatic rings. The van der Waals surface area contributed by atoms with Gasteiger partial charge < -0.3 is 10.6 Å². The Morgan fingerprint density at radius 1 is 1.32 bits per heavy atom. The van der Waals surface area contributed by atoms with E-state index in [1.54, 1.807) is 11.9 Å². The molecule has 1 unspecified atom stereocenters. The van der Waals surface area contributed by atoms with Crippen molar-refractivity contribution in [3.8, 4) is 0 Å². The number of nitrogens with zero attached hydrogens (tertiary/aromatic N) is 1. The van der Waals surface area contributed by atoms with E-state index < -0.39 is 12.1 Å². The van der Waals surface area contributed by atoms with Gasteiger partial charge in [0.2, 0.25) is 5.91 Å². The Kier molecular flexibility index (Phi) is 5.64. The maximum absolute atomic E-state index is 12.5. The Balaban J connectivity index is 2.40. The van der Waals surface area contributed by atoms with Crippen LogP contribution in [0.25, 0.3) is 0 Å². The van der Waals surface area contributed by atoms with Crippen LogP contribution in [0.15, 0.2) is 0 Å². The van der Waals surface area contributed by atoms with E-state index in [0.717, 1.165) is 0 Å². The first-order valence-corrected chi connectivity index (χ1v) is 6.79. The zero-order valence-electron chi connectivity index (χ0n) is 11.5. The van der Waals surface area contributed by atoms with Gasteiger partial charge in [-0.25, -0.2) is 0 Å². The Morgan fingerprint density at radius 3 is 2.26 bits per heavy atom. The second-order valence-electron chi connectivity index (χ2n) is 5.62. The van der Waals surface area contributed by atoms with Gasteiger partial charge in [0.25, 0.3) is 0 Å². The van der Waals surface area contributed by atoms with E-state index in [4.69, 9.17) is 5.73 Å². The van der Waals surface area contributed by atoms with Crippen molar-refractivity contribution in [3.05, 3.63) is 0 Å². The van der Waals surface area contributed by atoms with Gasteiger partial charge in [-0.15, -0.1) is 0 Å². The van der Waals surface area contributed by atoms with Crippen LogP contribution in [0.2, 0.25) is 0 Å². The Bertz CT molecular complexity index is 297. The SMILES string of the molecule is CC(N)CCN(C)C(=O)C1CCC(C(F)(F)F)CC1. The predicted molar refractivity (Wildman–Crippen MR) is 67.4 cm³/mol. The van der Waals surface area contributed by atoms with E-state index in [-0.39, 0.29) is 30.7 Å².